The molecule has 1 aliphatic carbocycles. The number of hydrogen-bond donors (Lipinski definition) is 0. The topological polar surface area (TPSA) is 3.24 Å². The van der Waals surface area contributed by atoms with Gasteiger partial charge in [0.2, 0.25) is 0 Å². The highest BCUT2D eigenvalue weighted by atomic mass is 15.1. The van der Waals surface area contributed by atoms with Crippen molar-refractivity contribution in [3.63, 3.8) is 0 Å². The van der Waals surface area contributed by atoms with Gasteiger partial charge in [0, 0.05) is 22.1 Å². The molecule has 0 N–H and O–H groups in total. The van der Waals surface area contributed by atoms with Gasteiger partial charge in [-0.3, -0.25) is 0 Å². The number of nitrogens with zero attached hydrogens (tertiary/aromatic N) is 1. The number of benzene rings is 8. The fraction of sp³-hybridized carbons (Fsp3) is 0.0667. The first kappa shape index (κ1) is 26.7. The summed E-state index contributed by atoms with van der Waals surface area (Å²) in [7, 11) is 0. The first-order valence-electron chi connectivity index (χ1n) is 16.1. The van der Waals surface area contributed by atoms with E-state index in [1.807, 2.05) is 0 Å². The molecule has 8 aromatic carbocycles. The van der Waals surface area contributed by atoms with Crippen molar-refractivity contribution in [3.05, 3.63) is 175 Å². The number of rotatable bonds is 4. The third-order valence-electron chi connectivity index (χ3n) is 10.0. The summed E-state index contributed by atoms with van der Waals surface area (Å²) in [6.07, 6.45) is 0. The molecule has 1 heteroatoms. The average Bonchev–Trinajstić information content (AvgIpc) is 3.34. The molecule has 1 nitrogen and oxygen atoms in total. The molecule has 9 rings (SSSR count). The van der Waals surface area contributed by atoms with Gasteiger partial charge in [-0.2, -0.15) is 0 Å². The monoisotopic (exact) mass is 587 g/mol. The van der Waals surface area contributed by atoms with Crippen molar-refractivity contribution in [2.24, 2.45) is 0 Å². The second kappa shape index (κ2) is 10.2. The van der Waals surface area contributed by atoms with E-state index in [1.165, 1.54) is 77.1 Å². The van der Waals surface area contributed by atoms with Crippen molar-refractivity contribution in [3.8, 4) is 22.3 Å². The Labute approximate surface area is 270 Å². The summed E-state index contributed by atoms with van der Waals surface area (Å²) in [6, 6.07) is 60.3. The van der Waals surface area contributed by atoms with E-state index < -0.39 is 0 Å². The molecule has 0 atom stereocenters. The Morgan fingerprint density at radius 2 is 1.04 bits per heavy atom. The molecule has 0 heterocycles. The Morgan fingerprint density at radius 1 is 0.413 bits per heavy atom. The Bertz CT molecular complexity index is 2460. The molecule has 0 amide bonds. The van der Waals surface area contributed by atoms with Gasteiger partial charge in [0.15, 0.2) is 0 Å². The summed E-state index contributed by atoms with van der Waals surface area (Å²) in [5, 5.41) is 7.43. The van der Waals surface area contributed by atoms with Gasteiger partial charge < -0.3 is 4.90 Å². The molecule has 0 aliphatic heterocycles. The van der Waals surface area contributed by atoms with Gasteiger partial charge in [-0.15, -0.1) is 0 Å². The molecule has 8 aromatic rings. The molecule has 0 aromatic heterocycles. The van der Waals surface area contributed by atoms with Crippen molar-refractivity contribution in [2.45, 2.75) is 19.3 Å². The van der Waals surface area contributed by atoms with E-state index in [-0.39, 0.29) is 5.41 Å². The fourth-order valence-electron chi connectivity index (χ4n) is 7.74. The molecule has 0 spiro atoms. The minimum Gasteiger partial charge on any atom is -0.309 e. The van der Waals surface area contributed by atoms with Crippen molar-refractivity contribution in [2.75, 3.05) is 4.90 Å². The second-order valence-electron chi connectivity index (χ2n) is 13.0. The van der Waals surface area contributed by atoms with Crippen LogP contribution in [0.15, 0.2) is 164 Å². The molecule has 0 bridgehead atoms. The lowest BCUT2D eigenvalue weighted by molar-refractivity contribution is 0.660. The van der Waals surface area contributed by atoms with Crippen LogP contribution in [0.25, 0.3) is 54.6 Å². The Hall–Kier alpha value is -5.66. The molecular formula is C45H33N. The van der Waals surface area contributed by atoms with Crippen LogP contribution in [0.4, 0.5) is 17.1 Å². The first-order valence-corrected chi connectivity index (χ1v) is 16.1. The van der Waals surface area contributed by atoms with Gasteiger partial charge in [0.1, 0.15) is 0 Å². The minimum atomic E-state index is -0.100. The summed E-state index contributed by atoms with van der Waals surface area (Å²) in [5.41, 5.74) is 11.3. The van der Waals surface area contributed by atoms with Gasteiger partial charge in [0.25, 0.3) is 0 Å². The molecule has 46 heavy (non-hydrogen) atoms. The Balaban J connectivity index is 1.37. The molecule has 0 saturated carbocycles. The summed E-state index contributed by atoms with van der Waals surface area (Å²) in [4.78, 5) is 2.50. The van der Waals surface area contributed by atoms with Gasteiger partial charge >= 0.3 is 0 Å². The average molecular weight is 588 g/mol. The van der Waals surface area contributed by atoms with Crippen molar-refractivity contribution >= 4 is 49.4 Å². The maximum absolute atomic E-state index is 2.50. The zero-order valence-electron chi connectivity index (χ0n) is 26.0. The van der Waals surface area contributed by atoms with Crippen LogP contribution in [0.5, 0.6) is 0 Å². The quantitative estimate of drug-likeness (QED) is 0.198. The van der Waals surface area contributed by atoms with Crippen LogP contribution >= 0.6 is 0 Å². The third-order valence-corrected chi connectivity index (χ3v) is 10.0. The molecular weight excluding hydrogens is 555 g/mol. The summed E-state index contributed by atoms with van der Waals surface area (Å²) >= 11 is 0. The lowest BCUT2D eigenvalue weighted by atomic mass is 9.82. The highest BCUT2D eigenvalue weighted by Gasteiger charge is 2.36. The molecule has 0 fully saturated rings. The largest absolute Gasteiger partial charge is 0.309 e. The van der Waals surface area contributed by atoms with Crippen molar-refractivity contribution in [1.29, 1.82) is 0 Å². The maximum atomic E-state index is 2.50. The van der Waals surface area contributed by atoms with Gasteiger partial charge in [-0.05, 0) is 85.1 Å². The van der Waals surface area contributed by atoms with Crippen molar-refractivity contribution in [1.82, 2.24) is 0 Å². The highest BCUT2D eigenvalue weighted by Crippen LogP contribution is 2.52. The second-order valence-corrected chi connectivity index (χ2v) is 13.0. The zero-order valence-corrected chi connectivity index (χ0v) is 26.0. The lowest BCUT2D eigenvalue weighted by Gasteiger charge is -2.31. The predicted octanol–water partition coefficient (Wildman–Crippen LogP) is 12.6. The number of anilines is 3. The zero-order chi connectivity index (χ0) is 30.8. The van der Waals surface area contributed by atoms with E-state index in [2.05, 4.69) is 183 Å². The minimum absolute atomic E-state index is 0.100. The Morgan fingerprint density at radius 3 is 1.89 bits per heavy atom. The van der Waals surface area contributed by atoms with E-state index in [4.69, 9.17) is 0 Å². The number of fused-ring (bicyclic) bond motifs is 6. The molecule has 0 saturated heterocycles. The predicted molar refractivity (Wildman–Crippen MR) is 197 cm³/mol. The maximum Gasteiger partial charge on any atom is 0.0546 e. The van der Waals surface area contributed by atoms with E-state index in [9.17, 15) is 0 Å². The number of hydrogen-bond acceptors (Lipinski definition) is 1. The molecule has 0 radical (unpaired) electrons. The molecule has 1 aliphatic rings. The lowest BCUT2D eigenvalue weighted by Crippen LogP contribution is -2.17. The van der Waals surface area contributed by atoms with Gasteiger partial charge in [-0.1, -0.05) is 147 Å². The van der Waals surface area contributed by atoms with Gasteiger partial charge in [-0.25, -0.2) is 0 Å². The van der Waals surface area contributed by atoms with Crippen LogP contribution in [0.2, 0.25) is 0 Å². The smallest absolute Gasteiger partial charge is 0.0546 e. The normalized spacial score (nSPS) is 13.2. The fourth-order valence-corrected chi connectivity index (χ4v) is 7.74. The summed E-state index contributed by atoms with van der Waals surface area (Å²) < 4.78 is 0. The summed E-state index contributed by atoms with van der Waals surface area (Å²) in [5.74, 6) is 0. The Kier molecular flexibility index (Phi) is 5.92. The molecule has 218 valence electrons. The first-order chi connectivity index (χ1) is 22.6. The summed E-state index contributed by atoms with van der Waals surface area (Å²) in [6.45, 7) is 4.72. The van der Waals surface area contributed by atoms with Crippen LogP contribution in [0.3, 0.4) is 0 Å². The van der Waals surface area contributed by atoms with Crippen LogP contribution in [0.1, 0.15) is 25.0 Å². The highest BCUT2D eigenvalue weighted by molar-refractivity contribution is 6.09. The van der Waals surface area contributed by atoms with Gasteiger partial charge in [0.05, 0.1) is 11.4 Å². The molecule has 0 unspecified atom stereocenters. The van der Waals surface area contributed by atoms with E-state index in [1.54, 1.807) is 0 Å². The van der Waals surface area contributed by atoms with Crippen LogP contribution in [-0.2, 0) is 5.41 Å². The van der Waals surface area contributed by atoms with Crippen LogP contribution < -0.4 is 4.90 Å². The SMILES string of the molecule is CC1(C)c2ccccc2-c2ccc(N(c3ccc4ccccc4c3-c3ccc4ccccc4c3)c3cccc4ccccc34)cc21. The third kappa shape index (κ3) is 4.02. The van der Waals surface area contributed by atoms with E-state index in [0.29, 0.717) is 0 Å². The standard InChI is InChI=1S/C45H33N/c1-45(2)40-20-10-9-19-38(40)39-26-25-35(29-41(39)45)46(42-21-11-16-31-13-5-7-17-36(31)42)43-27-24-32-14-6-8-18-37(32)44(43)34-23-22-30-12-3-4-15-33(30)28-34/h3-29H,1-2H3. The van der Waals surface area contributed by atoms with E-state index >= 15 is 0 Å². The van der Waals surface area contributed by atoms with E-state index in [0.717, 1.165) is 5.69 Å². The van der Waals surface area contributed by atoms with Crippen molar-refractivity contribution < 1.29 is 0 Å². The van der Waals surface area contributed by atoms with Crippen LogP contribution in [-0.4, -0.2) is 0 Å². The van der Waals surface area contributed by atoms with Crippen LogP contribution in [0, 0.1) is 0 Å².